The van der Waals surface area contributed by atoms with Gasteiger partial charge < -0.3 is 38.6 Å². The van der Waals surface area contributed by atoms with Gasteiger partial charge in [0.05, 0.1) is 57.4 Å². The minimum absolute atomic E-state index is 0. The maximum atomic E-state index is 12.2. The van der Waals surface area contributed by atoms with E-state index in [1.54, 1.807) is 24.3 Å². The quantitative estimate of drug-likeness (QED) is 0.0231. The van der Waals surface area contributed by atoms with Crippen LogP contribution in [0.2, 0.25) is 0 Å². The van der Waals surface area contributed by atoms with Gasteiger partial charge in [-0.2, -0.15) is 0 Å². The van der Waals surface area contributed by atoms with Crippen LogP contribution >= 0.6 is 0 Å². The number of aromatic hydroxyl groups is 1. The Morgan fingerprint density at radius 1 is 0.427 bits per heavy atom. The molecule has 1 saturated heterocycles. The van der Waals surface area contributed by atoms with Crippen molar-refractivity contribution < 1.29 is 99.6 Å². The fraction of sp³-hybridized carbons (Fsp3) is 0.237. The minimum Gasteiger partial charge on any atom is -0.508 e. The van der Waals surface area contributed by atoms with E-state index >= 15 is 0 Å². The number of phenolic OH excluding ortho intramolecular Hbond substituents is 1. The number of aliphatic hydroxyl groups is 1. The third-order valence-electron chi connectivity index (χ3n) is 13.6. The second-order valence-corrected chi connectivity index (χ2v) is 20.6. The molecule has 1 fully saturated rings. The van der Waals surface area contributed by atoms with Gasteiger partial charge in [0.25, 0.3) is 0 Å². The normalized spacial score (nSPS) is 11.4. The molecule has 0 spiro atoms. The van der Waals surface area contributed by atoms with Crippen molar-refractivity contribution in [2.45, 2.75) is 52.2 Å². The van der Waals surface area contributed by atoms with E-state index in [0.717, 1.165) is 57.1 Å². The topological polar surface area (TPSA) is 140 Å². The predicted molar refractivity (Wildman–Crippen MR) is 349 cm³/mol. The third kappa shape index (κ3) is 30.1. The van der Waals surface area contributed by atoms with Crippen molar-refractivity contribution in [1.82, 2.24) is 9.80 Å². The number of ether oxygens (including phenoxy) is 6. The summed E-state index contributed by atoms with van der Waals surface area (Å²) in [5.41, 5.74) is 10.8. The van der Waals surface area contributed by atoms with Crippen molar-refractivity contribution in [3.05, 3.63) is 316 Å². The molecular weight excluding hydrogens is 1140 g/mol. The number of allylic oxidation sites excluding steroid dienone is 1. The summed E-state index contributed by atoms with van der Waals surface area (Å²) < 4.78 is 32.2. The number of carbonyl (C=O) groups excluding carboxylic acids is 2. The summed E-state index contributed by atoms with van der Waals surface area (Å²) in [4.78, 5) is 28.5. The molecule has 11 rings (SSSR count). The predicted octanol–water partition coefficient (Wildman–Crippen LogP) is 11.3. The van der Waals surface area contributed by atoms with Crippen molar-refractivity contribution in [2.24, 2.45) is 0 Å². The summed E-state index contributed by atoms with van der Waals surface area (Å²) >= 11 is 0. The van der Waals surface area contributed by atoms with Crippen LogP contribution < -0.4 is 56.1 Å². The van der Waals surface area contributed by atoms with Crippen LogP contribution in [0.15, 0.2) is 261 Å². The number of hydrogen-bond donors (Lipinski definition) is 2. The van der Waals surface area contributed by atoms with Crippen molar-refractivity contribution in [1.29, 1.82) is 0 Å². The molecule has 0 unspecified atom stereocenters. The second kappa shape index (κ2) is 43.3. The van der Waals surface area contributed by atoms with E-state index in [-0.39, 0.29) is 82.9 Å². The molecule has 456 valence electrons. The van der Waals surface area contributed by atoms with Crippen LogP contribution in [0.5, 0.6) is 11.5 Å². The van der Waals surface area contributed by atoms with Crippen LogP contribution in [-0.2, 0) is 69.5 Å². The summed E-state index contributed by atoms with van der Waals surface area (Å²) in [5.74, 6) is 0.0526. The standard InChI is InChI=1S/C34H37NO5.C16H19NO.C14H12O3.C10H10.C2H4O.K/c36-34(40-28-31-14-8-3-9-15-31)32-16-18-33(19-17-32)39-25-24-38-23-22-37-21-20-35(26-29-10-4-1-5-11-29)27-30-12-6-2-7-13-30;18-12-11-17(13-15-7-3-1-4-8-15)14-16-9-5-2-6-10-16;15-13-8-6-12(7-9-13)14(16)17-10-11-4-2-1-3-5-11;1-2-6-10-8-4-3-7-9(10)5-1;1-2-3-1;/h1-19H,20-28H2;1-10,18H,11-14H2;1-9,15H,10H2;1-3,5-7H,4,8H2;1-2H2;/q;;;;;+1. The minimum atomic E-state index is -0.395. The molecule has 2 N–H and O–H groups in total. The van der Waals surface area contributed by atoms with Crippen LogP contribution in [0.1, 0.15) is 71.6 Å². The molecule has 0 amide bonds. The molecule has 9 aromatic rings. The average molecular weight is 1220 g/mol. The van der Waals surface area contributed by atoms with Crippen LogP contribution in [0, 0.1) is 0 Å². The summed E-state index contributed by atoms with van der Waals surface area (Å²) in [6.45, 7) is 10.3. The van der Waals surface area contributed by atoms with Crippen molar-refractivity contribution in [3.8, 4) is 11.5 Å². The number of phenols is 1. The van der Waals surface area contributed by atoms with E-state index in [0.29, 0.717) is 56.5 Å². The Kier molecular flexibility index (Phi) is 34.5. The number of rotatable bonds is 26. The van der Waals surface area contributed by atoms with Gasteiger partial charge in [0, 0.05) is 39.3 Å². The molecule has 0 bridgehead atoms. The first kappa shape index (κ1) is 70.7. The Morgan fingerprint density at radius 2 is 0.798 bits per heavy atom. The van der Waals surface area contributed by atoms with Gasteiger partial charge in [-0.15, -0.1) is 0 Å². The maximum absolute atomic E-state index is 12.2. The van der Waals surface area contributed by atoms with Crippen LogP contribution in [0.3, 0.4) is 0 Å². The number of carbonyl (C=O) groups is 2. The van der Waals surface area contributed by atoms with Gasteiger partial charge in [0.1, 0.15) is 31.3 Å². The third-order valence-corrected chi connectivity index (χ3v) is 13.6. The fourth-order valence-corrected chi connectivity index (χ4v) is 8.94. The first-order valence-electron chi connectivity index (χ1n) is 30.0. The zero-order chi connectivity index (χ0) is 61.3. The number of aliphatic hydroxyl groups excluding tert-OH is 1. The number of epoxide rings is 1. The molecular formula is C76H82KN2O10+. The second-order valence-electron chi connectivity index (χ2n) is 20.6. The molecule has 0 saturated carbocycles. The van der Waals surface area contributed by atoms with Gasteiger partial charge in [-0.05, 0) is 106 Å². The van der Waals surface area contributed by atoms with Gasteiger partial charge in [-0.25, -0.2) is 9.59 Å². The zero-order valence-electron chi connectivity index (χ0n) is 51.2. The summed E-state index contributed by atoms with van der Waals surface area (Å²) in [6, 6.07) is 82.3. The number of nitrogens with zero attached hydrogens (tertiary/aromatic N) is 2. The molecule has 9 aromatic carbocycles. The van der Waals surface area contributed by atoms with E-state index in [1.165, 1.54) is 70.5 Å². The largest absolute Gasteiger partial charge is 1.00 e. The number of aryl methyl sites for hydroxylation is 1. The van der Waals surface area contributed by atoms with E-state index < -0.39 is 5.97 Å². The van der Waals surface area contributed by atoms with Gasteiger partial charge in [0.15, 0.2) is 0 Å². The average Bonchev–Trinajstić information content (AvgIpc) is 4.64. The van der Waals surface area contributed by atoms with Crippen molar-refractivity contribution in [2.75, 3.05) is 65.9 Å². The Hall–Kier alpha value is -7.34. The summed E-state index contributed by atoms with van der Waals surface area (Å²) in [5, 5.41) is 18.2. The van der Waals surface area contributed by atoms with E-state index in [1.807, 2.05) is 84.9 Å². The van der Waals surface area contributed by atoms with Gasteiger partial charge >= 0.3 is 63.3 Å². The number of esters is 2. The zero-order valence-corrected chi connectivity index (χ0v) is 54.3. The van der Waals surface area contributed by atoms with Gasteiger partial charge in [0.2, 0.25) is 0 Å². The molecule has 1 aliphatic carbocycles. The van der Waals surface area contributed by atoms with Crippen LogP contribution in [0.25, 0.3) is 6.08 Å². The monoisotopic (exact) mass is 1220 g/mol. The molecule has 0 radical (unpaired) electrons. The molecule has 13 heteroatoms. The maximum Gasteiger partial charge on any atom is 1.00 e. The summed E-state index contributed by atoms with van der Waals surface area (Å²) in [6.07, 6.45) is 6.87. The Labute approximate surface area is 568 Å². The number of benzene rings is 9. The molecule has 89 heavy (non-hydrogen) atoms. The van der Waals surface area contributed by atoms with Crippen molar-refractivity contribution in [3.63, 3.8) is 0 Å². The number of fused-ring (bicyclic) bond motifs is 1. The molecule has 0 atom stereocenters. The molecule has 1 aliphatic heterocycles. The SMILES string of the molecule is C1=Cc2ccccc2CC1.C1CO1.O=C(OCc1ccccc1)c1ccc(O)cc1.O=C(OCc1ccccc1)c1ccc(OCCOCCOCCN(Cc2ccccc2)Cc2ccccc2)cc1.OCCN(Cc1ccccc1)Cc1ccccc1.[K+]. The van der Waals surface area contributed by atoms with E-state index in [4.69, 9.17) is 33.9 Å². The number of hydrogen-bond acceptors (Lipinski definition) is 12. The smallest absolute Gasteiger partial charge is 0.508 e. The Morgan fingerprint density at radius 3 is 1.21 bits per heavy atom. The Balaban J connectivity index is 0.000000211. The van der Waals surface area contributed by atoms with E-state index in [2.05, 4.69) is 148 Å². The van der Waals surface area contributed by atoms with E-state index in [9.17, 15) is 9.59 Å². The summed E-state index contributed by atoms with van der Waals surface area (Å²) in [7, 11) is 0. The first-order chi connectivity index (χ1) is 43.4. The fourth-order valence-electron chi connectivity index (χ4n) is 8.94. The molecule has 12 nitrogen and oxygen atoms in total. The molecule has 0 aromatic heterocycles. The van der Waals surface area contributed by atoms with Crippen molar-refractivity contribution >= 4 is 18.0 Å². The Bertz CT molecular complexity index is 3220. The molecule has 2 aliphatic rings. The first-order valence-corrected chi connectivity index (χ1v) is 30.0. The molecule has 1 heterocycles. The van der Waals surface area contributed by atoms with Crippen LogP contribution in [0.4, 0.5) is 0 Å². The van der Waals surface area contributed by atoms with Gasteiger partial charge in [-0.3, -0.25) is 9.80 Å². The van der Waals surface area contributed by atoms with Crippen LogP contribution in [-0.4, -0.2) is 97.9 Å². The van der Waals surface area contributed by atoms with Gasteiger partial charge in [-0.1, -0.05) is 218 Å².